The summed E-state index contributed by atoms with van der Waals surface area (Å²) in [6.45, 7) is 5.50. The normalized spacial score (nSPS) is 15.3. The molecule has 0 spiro atoms. The van der Waals surface area contributed by atoms with E-state index in [1.54, 1.807) is 0 Å². The molecular weight excluding hydrogens is 397 g/mol. The fourth-order valence-electron chi connectivity index (χ4n) is 3.37. The van der Waals surface area contributed by atoms with Crippen molar-refractivity contribution in [2.24, 2.45) is 0 Å². The van der Waals surface area contributed by atoms with Crippen molar-refractivity contribution in [3.05, 3.63) is 53.6 Å². The van der Waals surface area contributed by atoms with Crippen molar-refractivity contribution in [1.29, 1.82) is 0 Å². The lowest BCUT2D eigenvalue weighted by Crippen LogP contribution is -3.12. The molecule has 4 nitrogen and oxygen atoms in total. The van der Waals surface area contributed by atoms with E-state index in [0.717, 1.165) is 61.7 Å². The number of piperazine rings is 1. The van der Waals surface area contributed by atoms with Crippen molar-refractivity contribution < 1.29 is 18.1 Å². The van der Waals surface area contributed by atoms with Gasteiger partial charge < -0.3 is 20.4 Å². The van der Waals surface area contributed by atoms with E-state index in [0.29, 0.717) is 5.69 Å². The zero-order valence-corrected chi connectivity index (χ0v) is 17.4. The molecule has 3 N–H and O–H groups in total. The van der Waals surface area contributed by atoms with Crippen LogP contribution in [-0.4, -0.2) is 38.3 Å². The van der Waals surface area contributed by atoms with Crippen LogP contribution >= 0.6 is 12.2 Å². The lowest BCUT2D eigenvalue weighted by molar-refractivity contribution is -0.880. The molecule has 0 atom stereocenters. The van der Waals surface area contributed by atoms with Crippen molar-refractivity contribution >= 4 is 34.4 Å². The van der Waals surface area contributed by atoms with Crippen LogP contribution in [0.4, 0.5) is 30.2 Å². The van der Waals surface area contributed by atoms with Crippen LogP contribution in [0.25, 0.3) is 0 Å². The number of aryl methyl sites for hydroxylation is 1. The molecule has 156 valence electrons. The second-order valence-electron chi connectivity index (χ2n) is 7.31. The van der Waals surface area contributed by atoms with Gasteiger partial charge in [0.15, 0.2) is 5.11 Å². The third-order valence-electron chi connectivity index (χ3n) is 5.12. The molecule has 1 aliphatic rings. The van der Waals surface area contributed by atoms with E-state index in [-0.39, 0.29) is 5.11 Å². The number of rotatable bonds is 4. The number of hydrogen-bond donors (Lipinski definition) is 3. The molecule has 0 radical (unpaired) electrons. The summed E-state index contributed by atoms with van der Waals surface area (Å²) < 4.78 is 39.8. The van der Waals surface area contributed by atoms with Crippen molar-refractivity contribution in [2.45, 2.75) is 19.5 Å². The SMILES string of the molecule is CCc1cccc(NC(=S)Nc2cc(C(F)(F)F)ccc2N2CC[NH+](C)CC2)c1. The quantitative estimate of drug-likeness (QED) is 0.658. The molecule has 0 unspecified atom stereocenters. The van der Waals surface area contributed by atoms with Crippen LogP contribution in [0.3, 0.4) is 0 Å². The summed E-state index contributed by atoms with van der Waals surface area (Å²) in [7, 11) is 2.12. The third-order valence-corrected chi connectivity index (χ3v) is 5.33. The van der Waals surface area contributed by atoms with Gasteiger partial charge in [-0.25, -0.2) is 0 Å². The molecule has 0 bridgehead atoms. The maximum absolute atomic E-state index is 13.3. The Labute approximate surface area is 174 Å². The minimum atomic E-state index is -4.41. The van der Waals surface area contributed by atoms with Crippen molar-refractivity contribution in [2.75, 3.05) is 48.8 Å². The number of benzene rings is 2. The molecule has 1 aliphatic heterocycles. The van der Waals surface area contributed by atoms with E-state index in [2.05, 4.69) is 29.5 Å². The maximum atomic E-state index is 13.3. The van der Waals surface area contributed by atoms with Crippen LogP contribution in [-0.2, 0) is 12.6 Å². The summed E-state index contributed by atoms with van der Waals surface area (Å²) in [4.78, 5) is 3.52. The minimum Gasteiger partial charge on any atom is -0.359 e. The molecule has 0 aliphatic carbocycles. The van der Waals surface area contributed by atoms with Gasteiger partial charge in [0, 0.05) is 5.69 Å². The predicted molar refractivity (Wildman–Crippen MR) is 116 cm³/mol. The van der Waals surface area contributed by atoms with Crippen LogP contribution in [0.2, 0.25) is 0 Å². The van der Waals surface area contributed by atoms with Crippen molar-refractivity contribution in [3.8, 4) is 0 Å². The first-order valence-electron chi connectivity index (χ1n) is 9.70. The Hall–Kier alpha value is -2.32. The van der Waals surface area contributed by atoms with Gasteiger partial charge in [-0.3, -0.25) is 0 Å². The molecule has 29 heavy (non-hydrogen) atoms. The lowest BCUT2D eigenvalue weighted by atomic mass is 10.1. The van der Waals surface area contributed by atoms with E-state index in [1.807, 2.05) is 24.3 Å². The van der Waals surface area contributed by atoms with Crippen molar-refractivity contribution in [3.63, 3.8) is 0 Å². The summed E-state index contributed by atoms with van der Waals surface area (Å²) >= 11 is 5.39. The predicted octanol–water partition coefficient (Wildman–Crippen LogP) is 3.41. The molecule has 0 aromatic heterocycles. The number of anilines is 3. The molecule has 8 heteroatoms. The summed E-state index contributed by atoms with van der Waals surface area (Å²) in [5.41, 5.74) is 2.36. The molecule has 0 amide bonds. The Bertz CT molecular complexity index is 861. The zero-order valence-electron chi connectivity index (χ0n) is 16.6. The Morgan fingerprint density at radius 2 is 1.83 bits per heavy atom. The number of hydrogen-bond acceptors (Lipinski definition) is 2. The fraction of sp³-hybridized carbons (Fsp3) is 0.381. The van der Waals surface area contributed by atoms with Gasteiger partial charge in [-0.05, 0) is 54.5 Å². The Kier molecular flexibility index (Phi) is 6.64. The average Bonchev–Trinajstić information content (AvgIpc) is 2.68. The number of likely N-dealkylation sites (N-methyl/N-ethyl adjacent to an activating group) is 1. The first-order chi connectivity index (χ1) is 13.8. The minimum absolute atomic E-state index is 0.263. The second kappa shape index (κ2) is 9.00. The van der Waals surface area contributed by atoms with Gasteiger partial charge in [-0.15, -0.1) is 0 Å². The Morgan fingerprint density at radius 3 is 2.48 bits per heavy atom. The summed E-state index contributed by atoms with van der Waals surface area (Å²) in [5, 5.41) is 6.33. The molecule has 1 heterocycles. The molecule has 3 rings (SSSR count). The van der Waals surface area contributed by atoms with Gasteiger partial charge in [-0.2, -0.15) is 13.2 Å². The number of thiocarbonyl (C=S) groups is 1. The molecule has 0 saturated carbocycles. The van der Waals surface area contributed by atoms with Crippen LogP contribution in [0.15, 0.2) is 42.5 Å². The highest BCUT2D eigenvalue weighted by atomic mass is 32.1. The number of nitrogens with zero attached hydrogens (tertiary/aromatic N) is 1. The van der Waals surface area contributed by atoms with Crippen LogP contribution in [0.5, 0.6) is 0 Å². The molecule has 1 fully saturated rings. The lowest BCUT2D eigenvalue weighted by Gasteiger charge is -2.33. The standard InChI is InChI=1S/C21H25F3N4S/c1-3-15-5-4-6-17(13-15)25-20(29)26-18-14-16(21(22,23)24)7-8-19(18)28-11-9-27(2)10-12-28/h4-8,13-14H,3,9-12H2,1-2H3,(H2,25,26,29)/p+1. The van der Waals surface area contributed by atoms with E-state index in [4.69, 9.17) is 12.2 Å². The summed E-state index contributed by atoms with van der Waals surface area (Å²) in [5.74, 6) is 0. The van der Waals surface area contributed by atoms with Crippen molar-refractivity contribution in [1.82, 2.24) is 0 Å². The third kappa shape index (κ3) is 5.61. The first-order valence-corrected chi connectivity index (χ1v) is 10.1. The van der Waals surface area contributed by atoms with Crippen LogP contribution in [0.1, 0.15) is 18.1 Å². The monoisotopic (exact) mass is 423 g/mol. The fourth-order valence-corrected chi connectivity index (χ4v) is 3.60. The van der Waals surface area contributed by atoms with Gasteiger partial charge in [-0.1, -0.05) is 19.1 Å². The highest BCUT2D eigenvalue weighted by molar-refractivity contribution is 7.80. The van der Waals surface area contributed by atoms with E-state index >= 15 is 0 Å². The zero-order chi connectivity index (χ0) is 21.0. The number of quaternary nitrogens is 1. The van der Waals surface area contributed by atoms with Gasteiger partial charge >= 0.3 is 6.18 Å². The molecule has 2 aromatic carbocycles. The summed E-state index contributed by atoms with van der Waals surface area (Å²) in [6.07, 6.45) is -3.52. The van der Waals surface area contributed by atoms with Gasteiger partial charge in [0.05, 0.1) is 50.2 Å². The Morgan fingerprint density at radius 1 is 1.10 bits per heavy atom. The van der Waals surface area contributed by atoms with Crippen LogP contribution < -0.4 is 20.4 Å². The number of alkyl halides is 3. The van der Waals surface area contributed by atoms with E-state index < -0.39 is 11.7 Å². The molecule has 2 aromatic rings. The highest BCUT2D eigenvalue weighted by Crippen LogP contribution is 2.35. The number of nitrogens with one attached hydrogen (secondary N) is 3. The Balaban J connectivity index is 1.83. The maximum Gasteiger partial charge on any atom is 0.416 e. The van der Waals surface area contributed by atoms with E-state index in [9.17, 15) is 13.2 Å². The summed E-state index contributed by atoms with van der Waals surface area (Å²) in [6, 6.07) is 11.6. The second-order valence-corrected chi connectivity index (χ2v) is 7.72. The molecule has 1 saturated heterocycles. The molecular formula is C21H26F3N4S+. The number of halogens is 3. The first kappa shape index (κ1) is 21.4. The van der Waals surface area contributed by atoms with Gasteiger partial charge in [0.2, 0.25) is 0 Å². The largest absolute Gasteiger partial charge is 0.416 e. The smallest absolute Gasteiger partial charge is 0.359 e. The topological polar surface area (TPSA) is 31.7 Å². The van der Waals surface area contributed by atoms with Gasteiger partial charge in [0.1, 0.15) is 0 Å². The van der Waals surface area contributed by atoms with Crippen LogP contribution in [0, 0.1) is 0 Å². The average molecular weight is 424 g/mol. The van der Waals surface area contributed by atoms with E-state index in [1.165, 1.54) is 11.0 Å². The van der Waals surface area contributed by atoms with Gasteiger partial charge in [0.25, 0.3) is 0 Å². The highest BCUT2D eigenvalue weighted by Gasteiger charge is 2.32.